The number of para-hydroxylation sites is 1. The van der Waals surface area contributed by atoms with Crippen LogP contribution in [0, 0.1) is 0 Å². The number of nitrogens with two attached hydrogens (primary N) is 1. The SMILES string of the molecule is COc1cccc(-c2cccc3[nH]c(-c4n[nH]c5ccc(-c6cncc(N7CC(N)C7)n6)nc45)nc23)c1. The number of aromatic amines is 2. The summed E-state index contributed by atoms with van der Waals surface area (Å²) in [6.45, 7) is 1.56. The van der Waals surface area contributed by atoms with Gasteiger partial charge in [-0.25, -0.2) is 15.0 Å². The van der Waals surface area contributed by atoms with Crippen molar-refractivity contribution in [3.63, 3.8) is 0 Å². The van der Waals surface area contributed by atoms with Gasteiger partial charge in [0.25, 0.3) is 0 Å². The Hall–Kier alpha value is -4.83. The maximum Gasteiger partial charge on any atom is 0.161 e. The van der Waals surface area contributed by atoms with E-state index in [0.29, 0.717) is 28.4 Å². The summed E-state index contributed by atoms with van der Waals surface area (Å²) in [5.41, 5.74) is 13.3. The maximum atomic E-state index is 5.93. The Morgan fingerprint density at radius 2 is 1.81 bits per heavy atom. The molecule has 0 radical (unpaired) electrons. The van der Waals surface area contributed by atoms with Gasteiger partial charge in [-0.1, -0.05) is 24.3 Å². The monoisotopic (exact) mass is 489 g/mol. The number of nitrogens with one attached hydrogen (secondary N) is 2. The van der Waals surface area contributed by atoms with E-state index in [1.165, 1.54) is 0 Å². The molecule has 1 aliphatic rings. The van der Waals surface area contributed by atoms with Gasteiger partial charge in [0.1, 0.15) is 22.8 Å². The molecule has 4 N–H and O–H groups in total. The first-order chi connectivity index (χ1) is 18.2. The second-order valence-electron chi connectivity index (χ2n) is 9.11. The summed E-state index contributed by atoms with van der Waals surface area (Å²) in [4.78, 5) is 24.5. The van der Waals surface area contributed by atoms with Crippen LogP contribution >= 0.6 is 0 Å². The summed E-state index contributed by atoms with van der Waals surface area (Å²) < 4.78 is 5.41. The molecule has 1 fully saturated rings. The molecule has 0 saturated carbocycles. The fourth-order valence-corrected chi connectivity index (χ4v) is 4.71. The molecule has 0 aliphatic carbocycles. The lowest BCUT2D eigenvalue weighted by atomic mass is 10.0. The van der Waals surface area contributed by atoms with Crippen molar-refractivity contribution >= 4 is 27.9 Å². The van der Waals surface area contributed by atoms with Gasteiger partial charge in [0.15, 0.2) is 11.5 Å². The van der Waals surface area contributed by atoms with Gasteiger partial charge >= 0.3 is 0 Å². The van der Waals surface area contributed by atoms with E-state index in [4.69, 9.17) is 25.4 Å². The number of ether oxygens (including phenoxy) is 1. The number of nitrogens with zero attached hydrogens (tertiary/aromatic N) is 6. The second-order valence-corrected chi connectivity index (χ2v) is 9.11. The zero-order valence-electron chi connectivity index (χ0n) is 20.0. The highest BCUT2D eigenvalue weighted by molar-refractivity contribution is 5.96. The van der Waals surface area contributed by atoms with Crippen LogP contribution in [0.15, 0.2) is 67.0 Å². The molecule has 10 nitrogen and oxygen atoms in total. The molecular formula is C27H23N9O. The van der Waals surface area contributed by atoms with Crippen molar-refractivity contribution in [3.8, 4) is 39.8 Å². The number of fused-ring (bicyclic) bond motifs is 2. The van der Waals surface area contributed by atoms with Crippen LogP contribution in [0.2, 0.25) is 0 Å². The summed E-state index contributed by atoms with van der Waals surface area (Å²) >= 11 is 0. The van der Waals surface area contributed by atoms with Crippen LogP contribution < -0.4 is 15.4 Å². The molecule has 10 heteroatoms. The highest BCUT2D eigenvalue weighted by Crippen LogP contribution is 2.33. The van der Waals surface area contributed by atoms with E-state index < -0.39 is 0 Å². The highest BCUT2D eigenvalue weighted by atomic mass is 16.5. The Kier molecular flexibility index (Phi) is 4.86. The van der Waals surface area contributed by atoms with E-state index in [1.807, 2.05) is 48.5 Å². The Morgan fingerprint density at radius 3 is 2.68 bits per heavy atom. The molecule has 182 valence electrons. The Morgan fingerprint density at radius 1 is 0.919 bits per heavy atom. The van der Waals surface area contributed by atoms with Crippen LogP contribution in [0.5, 0.6) is 5.75 Å². The van der Waals surface area contributed by atoms with Crippen LogP contribution in [-0.4, -0.2) is 61.4 Å². The van der Waals surface area contributed by atoms with E-state index >= 15 is 0 Å². The standard InChI is InChI=1S/C27H23N9O/c1-37-17-5-2-4-15(10-17)18-6-3-7-20-24(18)33-27(32-20)26-25-21(34-35-26)9-8-19(31-25)22-11-29-12-23(30-22)36-13-16(28)14-36/h2-12,16H,13-14,28H2,1H3,(H,32,33)(H,34,35). The first-order valence-electron chi connectivity index (χ1n) is 12.0. The molecule has 0 spiro atoms. The third-order valence-corrected chi connectivity index (χ3v) is 6.64. The highest BCUT2D eigenvalue weighted by Gasteiger charge is 2.25. The topological polar surface area (TPSA) is 135 Å². The lowest BCUT2D eigenvalue weighted by Gasteiger charge is -2.37. The van der Waals surface area contributed by atoms with Crippen molar-refractivity contribution in [1.82, 2.24) is 35.1 Å². The van der Waals surface area contributed by atoms with Crippen molar-refractivity contribution in [3.05, 3.63) is 67.0 Å². The number of anilines is 1. The summed E-state index contributed by atoms with van der Waals surface area (Å²) in [5.74, 6) is 2.23. The third kappa shape index (κ3) is 3.66. The van der Waals surface area contributed by atoms with Crippen molar-refractivity contribution in [1.29, 1.82) is 0 Å². The van der Waals surface area contributed by atoms with Gasteiger partial charge in [-0.05, 0) is 35.9 Å². The van der Waals surface area contributed by atoms with Crippen LogP contribution in [-0.2, 0) is 0 Å². The molecule has 1 aliphatic heterocycles. The van der Waals surface area contributed by atoms with Gasteiger partial charge in [0, 0.05) is 24.7 Å². The minimum atomic E-state index is 0.182. The van der Waals surface area contributed by atoms with Gasteiger partial charge in [-0.2, -0.15) is 5.10 Å². The lowest BCUT2D eigenvalue weighted by molar-refractivity contribution is 0.415. The molecule has 0 bridgehead atoms. The van der Waals surface area contributed by atoms with Crippen molar-refractivity contribution in [2.75, 3.05) is 25.1 Å². The Bertz CT molecular complexity index is 1770. The molecule has 5 heterocycles. The summed E-state index contributed by atoms with van der Waals surface area (Å²) in [6, 6.07) is 18.1. The largest absolute Gasteiger partial charge is 0.497 e. The molecule has 4 aromatic heterocycles. The summed E-state index contributed by atoms with van der Waals surface area (Å²) in [7, 11) is 1.67. The average molecular weight is 490 g/mol. The van der Waals surface area contributed by atoms with Gasteiger partial charge in [-0.15, -0.1) is 0 Å². The number of methoxy groups -OCH3 is 1. The first-order valence-corrected chi connectivity index (χ1v) is 12.0. The summed E-state index contributed by atoms with van der Waals surface area (Å²) in [5, 5.41) is 7.62. The fourth-order valence-electron chi connectivity index (χ4n) is 4.71. The minimum Gasteiger partial charge on any atom is -0.497 e. The van der Waals surface area contributed by atoms with E-state index in [1.54, 1.807) is 19.5 Å². The van der Waals surface area contributed by atoms with Crippen molar-refractivity contribution in [2.24, 2.45) is 5.73 Å². The lowest BCUT2D eigenvalue weighted by Crippen LogP contribution is -2.56. The quantitative estimate of drug-likeness (QED) is 0.333. The molecule has 6 aromatic rings. The van der Waals surface area contributed by atoms with Gasteiger partial charge in [0.05, 0.1) is 41.7 Å². The zero-order valence-corrected chi connectivity index (χ0v) is 20.0. The molecule has 0 amide bonds. The number of hydrogen-bond acceptors (Lipinski definition) is 8. The van der Waals surface area contributed by atoms with E-state index in [2.05, 4.69) is 31.1 Å². The van der Waals surface area contributed by atoms with E-state index in [-0.39, 0.29) is 6.04 Å². The second kappa shape index (κ2) is 8.38. The average Bonchev–Trinajstić information content (AvgIpc) is 3.55. The molecule has 37 heavy (non-hydrogen) atoms. The molecule has 1 saturated heterocycles. The number of benzene rings is 2. The number of imidazole rings is 1. The molecule has 7 rings (SSSR count). The Balaban J connectivity index is 1.30. The van der Waals surface area contributed by atoms with Crippen LogP contribution in [0.3, 0.4) is 0 Å². The van der Waals surface area contributed by atoms with Crippen LogP contribution in [0.25, 0.3) is 56.1 Å². The third-order valence-electron chi connectivity index (χ3n) is 6.64. The van der Waals surface area contributed by atoms with Crippen molar-refractivity contribution < 1.29 is 4.74 Å². The number of H-pyrrole nitrogens is 2. The molecular weight excluding hydrogens is 466 g/mol. The molecule has 0 unspecified atom stereocenters. The molecule has 2 aromatic carbocycles. The van der Waals surface area contributed by atoms with Gasteiger partial charge < -0.3 is 20.4 Å². The normalized spacial score (nSPS) is 13.8. The maximum absolute atomic E-state index is 5.93. The van der Waals surface area contributed by atoms with E-state index in [9.17, 15) is 0 Å². The smallest absolute Gasteiger partial charge is 0.161 e. The minimum absolute atomic E-state index is 0.182. The zero-order chi connectivity index (χ0) is 24.9. The Labute approximate surface area is 211 Å². The number of hydrogen-bond donors (Lipinski definition) is 3. The van der Waals surface area contributed by atoms with Crippen molar-refractivity contribution in [2.45, 2.75) is 6.04 Å². The van der Waals surface area contributed by atoms with Gasteiger partial charge in [0.2, 0.25) is 0 Å². The molecule has 0 atom stereocenters. The summed E-state index contributed by atoms with van der Waals surface area (Å²) in [6.07, 6.45) is 3.48. The van der Waals surface area contributed by atoms with Crippen LogP contribution in [0.4, 0.5) is 5.82 Å². The number of aromatic nitrogens is 7. The number of pyridine rings is 1. The first kappa shape index (κ1) is 21.5. The fraction of sp³-hybridized carbons (Fsp3) is 0.148. The predicted molar refractivity (Wildman–Crippen MR) is 142 cm³/mol. The number of rotatable bonds is 5. The van der Waals surface area contributed by atoms with Crippen LogP contribution in [0.1, 0.15) is 0 Å². The predicted octanol–water partition coefficient (Wildman–Crippen LogP) is 3.78. The van der Waals surface area contributed by atoms with E-state index in [0.717, 1.165) is 52.3 Å². The van der Waals surface area contributed by atoms with Gasteiger partial charge in [-0.3, -0.25) is 10.1 Å².